The molecule has 19 heavy (non-hydrogen) atoms. The molecule has 1 aromatic carbocycles. The number of primary sulfonamides is 1. The second kappa shape index (κ2) is 6.73. The molecule has 0 heterocycles. The van der Waals surface area contributed by atoms with E-state index in [1.165, 1.54) is 12.1 Å². The minimum atomic E-state index is -3.97. The number of hydrogen-bond acceptors (Lipinski definition) is 6. The molecule has 0 bridgehead atoms. The highest BCUT2D eigenvalue weighted by Gasteiger charge is 2.19. The molecule has 1 rings (SSSR count). The van der Waals surface area contributed by atoms with Crippen molar-refractivity contribution in [2.24, 2.45) is 5.14 Å². The number of nitro benzene ring substituents is 1. The van der Waals surface area contributed by atoms with Gasteiger partial charge in [0, 0.05) is 6.07 Å². The maximum Gasteiger partial charge on any atom is 0.312 e. The van der Waals surface area contributed by atoms with Gasteiger partial charge >= 0.3 is 5.69 Å². The van der Waals surface area contributed by atoms with Crippen LogP contribution < -0.4 is 9.88 Å². The number of nitrogens with two attached hydrogens (primary N) is 1. The Hall–Kier alpha value is -1.32. The summed E-state index contributed by atoms with van der Waals surface area (Å²) in [5.74, 6) is 0.918. The number of hydrogen-bond donors (Lipinski definition) is 1. The topological polar surface area (TPSA) is 113 Å². The first-order valence-electron chi connectivity index (χ1n) is 5.29. The number of nitro groups is 1. The molecule has 2 N–H and O–H groups in total. The van der Waals surface area contributed by atoms with E-state index in [-0.39, 0.29) is 10.6 Å². The van der Waals surface area contributed by atoms with E-state index in [1.807, 2.05) is 6.26 Å². The van der Waals surface area contributed by atoms with E-state index >= 15 is 0 Å². The summed E-state index contributed by atoms with van der Waals surface area (Å²) in [5, 5.41) is 15.8. The molecule has 0 aliphatic rings. The summed E-state index contributed by atoms with van der Waals surface area (Å²) in [5.41, 5.74) is -0.407. The van der Waals surface area contributed by atoms with Crippen molar-refractivity contribution in [3.63, 3.8) is 0 Å². The van der Waals surface area contributed by atoms with Crippen LogP contribution in [0, 0.1) is 10.1 Å². The highest BCUT2D eigenvalue weighted by Crippen LogP contribution is 2.29. The van der Waals surface area contributed by atoms with Gasteiger partial charge in [0.25, 0.3) is 0 Å². The third-order valence-electron chi connectivity index (χ3n) is 2.21. The molecule has 0 aromatic heterocycles. The molecule has 0 atom stereocenters. The average molecular weight is 306 g/mol. The lowest BCUT2D eigenvalue weighted by atomic mass is 10.3. The van der Waals surface area contributed by atoms with Crippen LogP contribution in [0.5, 0.6) is 5.75 Å². The van der Waals surface area contributed by atoms with E-state index in [1.54, 1.807) is 11.8 Å². The molecule has 7 nitrogen and oxygen atoms in total. The van der Waals surface area contributed by atoms with Crippen molar-refractivity contribution in [1.82, 2.24) is 0 Å². The molecule has 0 radical (unpaired) electrons. The molecular weight excluding hydrogens is 292 g/mol. The molecule has 1 aromatic rings. The summed E-state index contributed by atoms with van der Waals surface area (Å²) < 4.78 is 27.5. The van der Waals surface area contributed by atoms with Crippen LogP contribution in [-0.4, -0.2) is 32.0 Å². The zero-order valence-corrected chi connectivity index (χ0v) is 11.9. The van der Waals surface area contributed by atoms with E-state index in [9.17, 15) is 18.5 Å². The number of sulfonamides is 1. The monoisotopic (exact) mass is 306 g/mol. The van der Waals surface area contributed by atoms with Crippen molar-refractivity contribution >= 4 is 27.5 Å². The first kappa shape index (κ1) is 15.7. The molecule has 9 heteroatoms. The Bertz CT molecular complexity index is 559. The van der Waals surface area contributed by atoms with E-state index in [0.29, 0.717) is 6.61 Å². The number of nitrogens with zero attached hydrogens (tertiary/aromatic N) is 1. The van der Waals surface area contributed by atoms with Crippen LogP contribution in [-0.2, 0) is 10.0 Å². The second-order valence-electron chi connectivity index (χ2n) is 3.63. The van der Waals surface area contributed by atoms with Crippen LogP contribution in [0.4, 0.5) is 5.69 Å². The van der Waals surface area contributed by atoms with Crippen LogP contribution in [0.15, 0.2) is 23.1 Å². The Labute approximate surface area is 115 Å². The molecule has 0 aliphatic carbocycles. The summed E-state index contributed by atoms with van der Waals surface area (Å²) in [6.07, 6.45) is 2.69. The summed E-state index contributed by atoms with van der Waals surface area (Å²) in [6, 6.07) is 3.34. The van der Waals surface area contributed by atoms with E-state index in [0.717, 1.165) is 18.2 Å². The molecular formula is C10H14N2O5S2. The Morgan fingerprint density at radius 2 is 2.16 bits per heavy atom. The lowest BCUT2D eigenvalue weighted by Gasteiger charge is -2.07. The summed E-state index contributed by atoms with van der Waals surface area (Å²) in [4.78, 5) is 9.87. The van der Waals surface area contributed by atoms with Gasteiger partial charge in [0.05, 0.1) is 16.4 Å². The van der Waals surface area contributed by atoms with Gasteiger partial charge in [-0.3, -0.25) is 10.1 Å². The second-order valence-corrected chi connectivity index (χ2v) is 6.17. The Balaban J connectivity index is 2.96. The van der Waals surface area contributed by atoms with E-state index in [2.05, 4.69) is 0 Å². The van der Waals surface area contributed by atoms with Crippen molar-refractivity contribution in [2.45, 2.75) is 11.3 Å². The van der Waals surface area contributed by atoms with Gasteiger partial charge in [-0.2, -0.15) is 11.8 Å². The Kier molecular flexibility index (Phi) is 5.58. The zero-order chi connectivity index (χ0) is 14.5. The quantitative estimate of drug-likeness (QED) is 0.462. The fourth-order valence-electron chi connectivity index (χ4n) is 1.32. The van der Waals surface area contributed by atoms with Crippen molar-refractivity contribution in [1.29, 1.82) is 0 Å². The summed E-state index contributed by atoms with van der Waals surface area (Å²) in [6.45, 7) is 0.330. The van der Waals surface area contributed by atoms with Crippen molar-refractivity contribution < 1.29 is 18.1 Å². The van der Waals surface area contributed by atoms with Gasteiger partial charge in [0.1, 0.15) is 0 Å². The van der Waals surface area contributed by atoms with Gasteiger partial charge in [-0.25, -0.2) is 13.6 Å². The van der Waals surface area contributed by atoms with Crippen LogP contribution in [0.1, 0.15) is 6.42 Å². The highest BCUT2D eigenvalue weighted by molar-refractivity contribution is 7.98. The van der Waals surface area contributed by atoms with Gasteiger partial charge in [-0.15, -0.1) is 0 Å². The maximum atomic E-state index is 11.1. The molecule has 0 aliphatic heterocycles. The molecule has 0 fully saturated rings. The highest BCUT2D eigenvalue weighted by atomic mass is 32.2. The van der Waals surface area contributed by atoms with E-state index < -0.39 is 20.6 Å². The zero-order valence-electron chi connectivity index (χ0n) is 10.2. The number of ether oxygens (including phenoxy) is 1. The Morgan fingerprint density at radius 3 is 2.68 bits per heavy atom. The lowest BCUT2D eigenvalue weighted by molar-refractivity contribution is -0.386. The first-order valence-corrected chi connectivity index (χ1v) is 8.23. The van der Waals surface area contributed by atoms with Crippen LogP contribution >= 0.6 is 11.8 Å². The third kappa shape index (κ3) is 4.69. The molecule has 0 spiro atoms. The van der Waals surface area contributed by atoms with Gasteiger partial charge in [0.2, 0.25) is 10.0 Å². The lowest BCUT2D eigenvalue weighted by Crippen LogP contribution is -2.12. The van der Waals surface area contributed by atoms with Crippen molar-refractivity contribution in [3.8, 4) is 5.75 Å². The molecule has 0 amide bonds. The fraction of sp³-hybridized carbons (Fsp3) is 0.400. The number of thioether (sulfide) groups is 1. The van der Waals surface area contributed by atoms with Gasteiger partial charge in [0.15, 0.2) is 5.75 Å². The van der Waals surface area contributed by atoms with Gasteiger partial charge in [-0.1, -0.05) is 0 Å². The van der Waals surface area contributed by atoms with Crippen LogP contribution in [0.25, 0.3) is 0 Å². The standard InChI is InChI=1S/C10H14N2O5S2/c1-18-6-2-5-17-10-4-3-8(19(11,15)16)7-9(10)12(13)14/h3-4,7H,2,5-6H2,1H3,(H2,11,15,16). The fourth-order valence-corrected chi connectivity index (χ4v) is 2.26. The predicted octanol–water partition coefficient (Wildman–Crippen LogP) is 1.37. The summed E-state index contributed by atoms with van der Waals surface area (Å²) in [7, 11) is -3.97. The predicted molar refractivity (Wildman–Crippen MR) is 73.0 cm³/mol. The van der Waals surface area contributed by atoms with Gasteiger partial charge < -0.3 is 4.74 Å². The first-order chi connectivity index (χ1) is 8.86. The smallest absolute Gasteiger partial charge is 0.312 e. The number of benzene rings is 1. The van der Waals surface area contributed by atoms with Crippen LogP contribution in [0.2, 0.25) is 0 Å². The molecule has 0 saturated heterocycles. The van der Waals surface area contributed by atoms with E-state index in [4.69, 9.17) is 9.88 Å². The normalized spacial score (nSPS) is 11.3. The van der Waals surface area contributed by atoms with Crippen molar-refractivity contribution in [3.05, 3.63) is 28.3 Å². The maximum absolute atomic E-state index is 11.1. The Morgan fingerprint density at radius 1 is 1.47 bits per heavy atom. The molecule has 106 valence electrons. The largest absolute Gasteiger partial charge is 0.487 e. The summed E-state index contributed by atoms with van der Waals surface area (Å²) >= 11 is 1.64. The van der Waals surface area contributed by atoms with Crippen LogP contribution in [0.3, 0.4) is 0 Å². The minimum Gasteiger partial charge on any atom is -0.487 e. The number of rotatable bonds is 7. The van der Waals surface area contributed by atoms with Crippen molar-refractivity contribution in [2.75, 3.05) is 18.6 Å². The SMILES string of the molecule is CSCCCOc1ccc(S(N)(=O)=O)cc1[N+](=O)[O-]. The molecule has 0 unspecified atom stereocenters. The third-order valence-corrected chi connectivity index (χ3v) is 3.81. The average Bonchev–Trinajstić information content (AvgIpc) is 2.33. The molecule has 0 saturated carbocycles. The van der Waals surface area contributed by atoms with Gasteiger partial charge in [-0.05, 0) is 30.6 Å². The minimum absolute atomic E-state index is 0.0403.